The zero-order valence-corrected chi connectivity index (χ0v) is 17.8. The van der Waals surface area contributed by atoms with Crippen LogP contribution >= 0.6 is 0 Å². The van der Waals surface area contributed by atoms with E-state index >= 15 is 0 Å². The van der Waals surface area contributed by atoms with Crippen molar-refractivity contribution in [3.8, 4) is 11.4 Å². The van der Waals surface area contributed by atoms with E-state index in [9.17, 15) is 9.59 Å². The second-order valence-electron chi connectivity index (χ2n) is 7.79. The van der Waals surface area contributed by atoms with Crippen LogP contribution in [0.4, 0.5) is 0 Å². The Balaban J connectivity index is 1.41. The zero-order valence-electron chi connectivity index (χ0n) is 17.8. The quantitative estimate of drug-likeness (QED) is 0.368. The summed E-state index contributed by atoms with van der Waals surface area (Å²) in [5.41, 5.74) is 4.06. The average Bonchev–Trinajstić information content (AvgIpc) is 3.29. The third-order valence-electron chi connectivity index (χ3n) is 5.76. The van der Waals surface area contributed by atoms with Gasteiger partial charge in [-0.15, -0.1) is 0 Å². The topological polar surface area (TPSA) is 90.6 Å². The number of benzene rings is 2. The van der Waals surface area contributed by atoms with Crippen molar-refractivity contribution in [2.24, 2.45) is 0 Å². The second-order valence-corrected chi connectivity index (χ2v) is 7.79. The highest BCUT2D eigenvalue weighted by atomic mass is 16.2. The number of hydrogen-bond acceptors (Lipinski definition) is 3. The van der Waals surface area contributed by atoms with E-state index in [1.807, 2.05) is 60.8 Å². The van der Waals surface area contributed by atoms with Crippen molar-refractivity contribution >= 4 is 16.8 Å². The largest absolute Gasteiger partial charge is 0.361 e. The van der Waals surface area contributed by atoms with Gasteiger partial charge in [-0.1, -0.05) is 54.6 Å². The fraction of sp³-hybridized carbons (Fsp3) is 0.0741. The van der Waals surface area contributed by atoms with Gasteiger partial charge in [-0.2, -0.15) is 0 Å². The molecule has 6 nitrogen and oxygen atoms in total. The minimum Gasteiger partial charge on any atom is -0.361 e. The molecule has 0 saturated heterocycles. The minimum atomic E-state index is -0.445. The first kappa shape index (κ1) is 20.5. The summed E-state index contributed by atoms with van der Waals surface area (Å²) in [7, 11) is 0. The van der Waals surface area contributed by atoms with Gasteiger partial charge in [0.15, 0.2) is 0 Å². The molecule has 5 aromatic rings. The van der Waals surface area contributed by atoms with Crippen LogP contribution in [0.25, 0.3) is 22.3 Å². The van der Waals surface area contributed by atoms with E-state index in [1.54, 1.807) is 30.5 Å². The molecular formula is C27H22N4O2. The van der Waals surface area contributed by atoms with E-state index in [1.165, 1.54) is 0 Å². The molecule has 0 saturated carbocycles. The Kier molecular flexibility index (Phi) is 5.55. The number of pyridine rings is 2. The van der Waals surface area contributed by atoms with Gasteiger partial charge in [0.05, 0.1) is 11.4 Å². The number of nitrogens with one attached hydrogen (secondary N) is 3. The third-order valence-corrected chi connectivity index (χ3v) is 5.76. The number of aromatic nitrogens is 3. The zero-order chi connectivity index (χ0) is 22.6. The molecule has 1 unspecified atom stereocenters. The molecule has 162 valence electrons. The van der Waals surface area contributed by atoms with Crippen LogP contribution in [0.1, 0.15) is 27.4 Å². The molecule has 0 aliphatic rings. The first-order chi connectivity index (χ1) is 16.2. The van der Waals surface area contributed by atoms with Gasteiger partial charge in [-0.05, 0) is 41.5 Å². The van der Waals surface area contributed by atoms with Gasteiger partial charge in [0.1, 0.15) is 5.56 Å². The van der Waals surface area contributed by atoms with E-state index < -0.39 is 11.5 Å². The van der Waals surface area contributed by atoms with E-state index in [0.29, 0.717) is 17.9 Å². The predicted molar refractivity (Wildman–Crippen MR) is 129 cm³/mol. The summed E-state index contributed by atoms with van der Waals surface area (Å²) in [5.74, 6) is -0.484. The van der Waals surface area contributed by atoms with Crippen molar-refractivity contribution in [2.45, 2.75) is 5.92 Å². The summed E-state index contributed by atoms with van der Waals surface area (Å²) in [6, 6.07) is 26.8. The minimum absolute atomic E-state index is 0.0698. The van der Waals surface area contributed by atoms with Crippen molar-refractivity contribution in [3.63, 3.8) is 0 Å². The Labute approximate surface area is 190 Å². The molecule has 3 aromatic heterocycles. The highest BCUT2D eigenvalue weighted by molar-refractivity contribution is 5.94. The monoisotopic (exact) mass is 434 g/mol. The molecule has 0 aliphatic heterocycles. The third kappa shape index (κ3) is 4.19. The average molecular weight is 434 g/mol. The second kappa shape index (κ2) is 8.96. The molecule has 1 atom stereocenters. The lowest BCUT2D eigenvalue weighted by molar-refractivity contribution is 0.0951. The number of carbonyl (C=O) groups excluding carboxylic acids is 1. The molecule has 0 spiro atoms. The number of carbonyl (C=O) groups is 1. The molecule has 0 radical (unpaired) electrons. The van der Waals surface area contributed by atoms with E-state index in [-0.39, 0.29) is 11.5 Å². The lowest BCUT2D eigenvalue weighted by Gasteiger charge is -2.18. The Bertz CT molecular complexity index is 1460. The van der Waals surface area contributed by atoms with Crippen LogP contribution in [0, 0.1) is 0 Å². The first-order valence-electron chi connectivity index (χ1n) is 10.7. The summed E-state index contributed by atoms with van der Waals surface area (Å²) in [4.78, 5) is 35.9. The van der Waals surface area contributed by atoms with Crippen molar-refractivity contribution < 1.29 is 4.79 Å². The molecule has 33 heavy (non-hydrogen) atoms. The SMILES string of the molecule is O=C(NCC(c1ccccc1)c1c[nH]c2ccccc12)c1ccc(-c2ccccn2)[nH]c1=O. The summed E-state index contributed by atoms with van der Waals surface area (Å²) < 4.78 is 0. The molecular weight excluding hydrogens is 412 g/mol. The number of rotatable bonds is 6. The standard InChI is InChI=1S/C27H22N4O2/c32-26(20-13-14-25(31-27(20)33)24-12-6-7-15-28-24)30-16-21(18-8-2-1-3-9-18)22-17-29-23-11-5-4-10-19(22)23/h1-15,17,21,29H,16H2,(H,30,32)(H,31,33). The lowest BCUT2D eigenvalue weighted by atomic mass is 9.91. The number of para-hydroxylation sites is 1. The molecule has 3 N–H and O–H groups in total. The highest BCUT2D eigenvalue weighted by Crippen LogP contribution is 2.30. The summed E-state index contributed by atoms with van der Waals surface area (Å²) in [6.45, 7) is 0.353. The number of hydrogen-bond donors (Lipinski definition) is 3. The summed E-state index contributed by atoms with van der Waals surface area (Å²) >= 11 is 0. The normalized spacial score (nSPS) is 11.9. The van der Waals surface area contributed by atoms with Crippen LogP contribution < -0.4 is 10.9 Å². The first-order valence-corrected chi connectivity index (χ1v) is 10.7. The van der Waals surface area contributed by atoms with E-state index in [2.05, 4.69) is 26.3 Å². The van der Waals surface area contributed by atoms with Crippen molar-refractivity contribution in [2.75, 3.05) is 6.54 Å². The van der Waals surface area contributed by atoms with Gasteiger partial charge in [0.25, 0.3) is 11.5 Å². The molecule has 1 amide bonds. The van der Waals surface area contributed by atoms with Gasteiger partial charge in [-0.25, -0.2) is 0 Å². The predicted octanol–water partition coefficient (Wildman–Crippen LogP) is 4.48. The van der Waals surface area contributed by atoms with Gasteiger partial charge >= 0.3 is 0 Å². The number of fused-ring (bicyclic) bond motifs is 1. The molecule has 6 heteroatoms. The number of aromatic amines is 2. The number of amides is 1. The summed E-state index contributed by atoms with van der Waals surface area (Å²) in [6.07, 6.45) is 3.64. The Morgan fingerprint density at radius 2 is 1.70 bits per heavy atom. The molecule has 3 heterocycles. The van der Waals surface area contributed by atoms with Crippen molar-refractivity contribution in [1.29, 1.82) is 0 Å². The Morgan fingerprint density at radius 1 is 0.909 bits per heavy atom. The van der Waals surface area contributed by atoms with Crippen molar-refractivity contribution in [1.82, 2.24) is 20.3 Å². The van der Waals surface area contributed by atoms with Crippen LogP contribution in [0.15, 0.2) is 102 Å². The van der Waals surface area contributed by atoms with Crippen LogP contribution in [-0.4, -0.2) is 27.4 Å². The summed E-state index contributed by atoms with van der Waals surface area (Å²) in [5, 5.41) is 4.07. The van der Waals surface area contributed by atoms with Crippen LogP contribution in [0.2, 0.25) is 0 Å². The molecule has 2 aromatic carbocycles. The molecule has 0 fully saturated rings. The van der Waals surface area contributed by atoms with Crippen LogP contribution in [0.3, 0.4) is 0 Å². The number of H-pyrrole nitrogens is 2. The molecule has 0 bridgehead atoms. The fourth-order valence-electron chi connectivity index (χ4n) is 4.09. The van der Waals surface area contributed by atoms with Gasteiger partial charge in [0.2, 0.25) is 0 Å². The van der Waals surface area contributed by atoms with Gasteiger partial charge in [-0.3, -0.25) is 14.6 Å². The number of nitrogens with zero attached hydrogens (tertiary/aromatic N) is 1. The van der Waals surface area contributed by atoms with E-state index in [4.69, 9.17) is 0 Å². The maximum Gasteiger partial charge on any atom is 0.261 e. The highest BCUT2D eigenvalue weighted by Gasteiger charge is 2.20. The smallest absolute Gasteiger partial charge is 0.261 e. The maximum atomic E-state index is 12.9. The van der Waals surface area contributed by atoms with Crippen LogP contribution in [-0.2, 0) is 0 Å². The van der Waals surface area contributed by atoms with E-state index in [0.717, 1.165) is 22.0 Å². The molecule has 5 rings (SSSR count). The lowest BCUT2D eigenvalue weighted by Crippen LogP contribution is -2.33. The Hall–Kier alpha value is -4.45. The fourth-order valence-corrected chi connectivity index (χ4v) is 4.09. The van der Waals surface area contributed by atoms with Gasteiger partial charge in [0, 0.05) is 35.8 Å². The maximum absolute atomic E-state index is 12.9. The Morgan fingerprint density at radius 3 is 2.48 bits per heavy atom. The van der Waals surface area contributed by atoms with Crippen LogP contribution in [0.5, 0.6) is 0 Å². The molecule has 0 aliphatic carbocycles. The van der Waals surface area contributed by atoms with Gasteiger partial charge < -0.3 is 15.3 Å². The van der Waals surface area contributed by atoms with Crippen molar-refractivity contribution in [3.05, 3.63) is 124 Å².